The monoisotopic (exact) mass is 445 g/mol. The van der Waals surface area contributed by atoms with Gasteiger partial charge in [-0.3, -0.25) is 14.4 Å². The number of carbonyl (C=O) groups is 3. The summed E-state index contributed by atoms with van der Waals surface area (Å²) >= 11 is 0. The second-order valence-electron chi connectivity index (χ2n) is 8.46. The van der Waals surface area contributed by atoms with Gasteiger partial charge in [0.2, 0.25) is 0 Å². The molecule has 0 spiro atoms. The summed E-state index contributed by atoms with van der Waals surface area (Å²) in [6, 6.07) is 20.5. The minimum absolute atomic E-state index is 0.00770. The van der Waals surface area contributed by atoms with Crippen molar-refractivity contribution in [3.8, 4) is 5.75 Å². The lowest BCUT2D eigenvalue weighted by Gasteiger charge is -2.13. The number of carboxylic acids is 1. The third-order valence-corrected chi connectivity index (χ3v) is 6.09. The number of amides is 1. The maximum Gasteiger partial charge on any atom is 0.306 e. The molecule has 4 rings (SSSR count). The van der Waals surface area contributed by atoms with Crippen LogP contribution in [0, 0.1) is 5.92 Å². The Morgan fingerprint density at radius 2 is 1.64 bits per heavy atom. The first-order valence-electron chi connectivity index (χ1n) is 11.3. The first kappa shape index (κ1) is 22.5. The molecule has 33 heavy (non-hydrogen) atoms. The SMILES string of the molecule is O=C(CCCNC(=O)c1ccc2ccccc2c1)c1ccc(O[C@@H]2CC[C@H](C(=O)O)C2)cc1. The molecule has 2 N–H and O–H groups in total. The second-order valence-corrected chi connectivity index (χ2v) is 8.46. The molecule has 0 bridgehead atoms. The maximum atomic E-state index is 12.5. The number of ether oxygens (including phenoxy) is 1. The summed E-state index contributed by atoms with van der Waals surface area (Å²) < 4.78 is 5.86. The van der Waals surface area contributed by atoms with Crippen LogP contribution in [0.2, 0.25) is 0 Å². The number of hydrogen-bond acceptors (Lipinski definition) is 4. The van der Waals surface area contributed by atoms with Crippen molar-refractivity contribution >= 4 is 28.4 Å². The van der Waals surface area contributed by atoms with Crippen molar-refractivity contribution < 1.29 is 24.2 Å². The molecular formula is C27H27NO5. The number of nitrogens with one attached hydrogen (secondary N) is 1. The largest absolute Gasteiger partial charge is 0.490 e. The minimum Gasteiger partial charge on any atom is -0.490 e. The van der Waals surface area contributed by atoms with Gasteiger partial charge in [0, 0.05) is 24.1 Å². The summed E-state index contributed by atoms with van der Waals surface area (Å²) in [6.45, 7) is 0.422. The third kappa shape index (κ3) is 5.77. The smallest absolute Gasteiger partial charge is 0.306 e. The van der Waals surface area contributed by atoms with Crippen LogP contribution in [0.4, 0.5) is 0 Å². The Balaban J connectivity index is 1.21. The number of carbonyl (C=O) groups excluding carboxylic acids is 2. The highest BCUT2D eigenvalue weighted by Crippen LogP contribution is 2.29. The summed E-state index contributed by atoms with van der Waals surface area (Å²) in [4.78, 5) is 35.9. The third-order valence-electron chi connectivity index (χ3n) is 6.09. The molecule has 2 atom stereocenters. The van der Waals surface area contributed by atoms with Crippen LogP contribution in [-0.2, 0) is 4.79 Å². The van der Waals surface area contributed by atoms with E-state index in [1.54, 1.807) is 30.3 Å². The Kier molecular flexibility index (Phi) is 7.03. The Bertz CT molecular complexity index is 1150. The minimum atomic E-state index is -0.768. The lowest BCUT2D eigenvalue weighted by Crippen LogP contribution is -2.24. The van der Waals surface area contributed by atoms with Crippen LogP contribution in [0.3, 0.4) is 0 Å². The van der Waals surface area contributed by atoms with Gasteiger partial charge in [0.05, 0.1) is 12.0 Å². The lowest BCUT2D eigenvalue weighted by atomic mass is 10.1. The molecule has 170 valence electrons. The van der Waals surface area contributed by atoms with E-state index in [1.807, 2.05) is 36.4 Å². The molecule has 1 saturated carbocycles. The molecule has 0 aliphatic heterocycles. The number of rotatable bonds is 9. The van der Waals surface area contributed by atoms with E-state index in [2.05, 4.69) is 5.32 Å². The fraction of sp³-hybridized carbons (Fsp3) is 0.296. The highest BCUT2D eigenvalue weighted by Gasteiger charge is 2.30. The van der Waals surface area contributed by atoms with Crippen LogP contribution in [0.15, 0.2) is 66.7 Å². The zero-order valence-corrected chi connectivity index (χ0v) is 18.3. The summed E-state index contributed by atoms with van der Waals surface area (Å²) in [6.07, 6.45) is 2.66. The standard InChI is InChI=1S/C27H27NO5/c29-25(19-9-12-23(13-10-19)33-24-14-11-22(17-24)27(31)32)6-3-15-28-26(30)21-8-7-18-4-1-2-5-20(18)16-21/h1-2,4-5,7-10,12-13,16,22,24H,3,6,11,14-15,17H2,(H,28,30)(H,31,32)/t22-,24+/m0/s1. The van der Waals surface area contributed by atoms with E-state index in [-0.39, 0.29) is 23.7 Å². The zero-order valence-electron chi connectivity index (χ0n) is 18.3. The van der Waals surface area contributed by atoms with E-state index in [0.717, 1.165) is 17.2 Å². The lowest BCUT2D eigenvalue weighted by molar-refractivity contribution is -0.141. The Morgan fingerprint density at radius 1 is 0.909 bits per heavy atom. The van der Waals surface area contributed by atoms with Crippen molar-refractivity contribution in [1.82, 2.24) is 5.32 Å². The van der Waals surface area contributed by atoms with Crippen LogP contribution in [0.5, 0.6) is 5.75 Å². The van der Waals surface area contributed by atoms with Gasteiger partial charge in [-0.1, -0.05) is 30.3 Å². The molecule has 6 nitrogen and oxygen atoms in total. The zero-order chi connectivity index (χ0) is 23.2. The van der Waals surface area contributed by atoms with Crippen molar-refractivity contribution in [2.45, 2.75) is 38.2 Å². The number of fused-ring (bicyclic) bond motifs is 1. The Hall–Kier alpha value is -3.67. The van der Waals surface area contributed by atoms with Crippen LogP contribution in [0.25, 0.3) is 10.8 Å². The molecule has 6 heteroatoms. The van der Waals surface area contributed by atoms with Crippen LogP contribution in [-0.4, -0.2) is 35.4 Å². The quantitative estimate of drug-likeness (QED) is 0.362. The van der Waals surface area contributed by atoms with Crippen LogP contribution in [0.1, 0.15) is 52.8 Å². The molecule has 3 aromatic rings. The summed E-state index contributed by atoms with van der Waals surface area (Å²) in [5, 5.41) is 14.1. The van der Waals surface area contributed by atoms with Gasteiger partial charge >= 0.3 is 5.97 Å². The van der Waals surface area contributed by atoms with Gasteiger partial charge in [-0.25, -0.2) is 0 Å². The highest BCUT2D eigenvalue weighted by molar-refractivity contribution is 5.99. The molecule has 0 unspecified atom stereocenters. The van der Waals surface area contributed by atoms with Crippen molar-refractivity contribution in [2.24, 2.45) is 5.92 Å². The predicted molar refractivity (Wildman–Crippen MR) is 126 cm³/mol. The van der Waals surface area contributed by atoms with E-state index < -0.39 is 5.97 Å². The highest BCUT2D eigenvalue weighted by atomic mass is 16.5. The van der Waals surface area contributed by atoms with Crippen molar-refractivity contribution in [1.29, 1.82) is 0 Å². The molecule has 3 aromatic carbocycles. The molecule has 0 radical (unpaired) electrons. The predicted octanol–water partition coefficient (Wildman–Crippen LogP) is 4.86. The van der Waals surface area contributed by atoms with Gasteiger partial charge in [0.15, 0.2) is 5.78 Å². The van der Waals surface area contributed by atoms with Gasteiger partial charge in [0.1, 0.15) is 5.75 Å². The van der Waals surface area contributed by atoms with E-state index in [4.69, 9.17) is 9.84 Å². The first-order valence-corrected chi connectivity index (χ1v) is 11.3. The van der Waals surface area contributed by atoms with E-state index >= 15 is 0 Å². The molecule has 0 saturated heterocycles. The van der Waals surface area contributed by atoms with Gasteiger partial charge in [-0.05, 0) is 72.9 Å². The average Bonchev–Trinajstić information content (AvgIpc) is 3.30. The maximum absolute atomic E-state index is 12.5. The van der Waals surface area contributed by atoms with Crippen molar-refractivity contribution in [3.05, 3.63) is 77.9 Å². The number of Topliss-reactive ketones (excluding diaryl/α,β-unsaturated/α-hetero) is 1. The van der Waals surface area contributed by atoms with E-state index in [1.165, 1.54) is 0 Å². The summed E-state index contributed by atoms with van der Waals surface area (Å²) in [5.74, 6) is -0.599. The van der Waals surface area contributed by atoms with Crippen LogP contribution < -0.4 is 10.1 Å². The van der Waals surface area contributed by atoms with Gasteiger partial charge in [-0.2, -0.15) is 0 Å². The van der Waals surface area contributed by atoms with Gasteiger partial charge in [-0.15, -0.1) is 0 Å². The summed E-state index contributed by atoms with van der Waals surface area (Å²) in [7, 11) is 0. The number of hydrogen-bond donors (Lipinski definition) is 2. The molecule has 1 aliphatic carbocycles. The fourth-order valence-corrected chi connectivity index (χ4v) is 4.21. The summed E-state index contributed by atoms with van der Waals surface area (Å²) in [5.41, 5.74) is 1.20. The molecule has 1 fully saturated rings. The molecular weight excluding hydrogens is 418 g/mol. The molecule has 0 heterocycles. The Labute approximate surface area is 192 Å². The van der Waals surface area contributed by atoms with Gasteiger partial charge in [0.25, 0.3) is 5.91 Å². The second kappa shape index (κ2) is 10.3. The van der Waals surface area contributed by atoms with E-state index in [9.17, 15) is 14.4 Å². The van der Waals surface area contributed by atoms with Crippen molar-refractivity contribution in [2.75, 3.05) is 6.54 Å². The normalized spacial score (nSPS) is 17.6. The number of carboxylic acid groups (broad SMARTS) is 1. The van der Waals surface area contributed by atoms with Crippen LogP contribution >= 0.6 is 0 Å². The molecule has 1 amide bonds. The number of ketones is 1. The van der Waals surface area contributed by atoms with Gasteiger partial charge < -0.3 is 15.2 Å². The topological polar surface area (TPSA) is 92.7 Å². The first-order chi connectivity index (χ1) is 16.0. The fourth-order valence-electron chi connectivity index (χ4n) is 4.21. The molecule has 0 aromatic heterocycles. The van der Waals surface area contributed by atoms with Crippen molar-refractivity contribution in [3.63, 3.8) is 0 Å². The Morgan fingerprint density at radius 3 is 2.36 bits per heavy atom. The number of aliphatic carboxylic acids is 1. The van der Waals surface area contributed by atoms with E-state index in [0.29, 0.717) is 49.1 Å². The molecule has 1 aliphatic rings. The average molecular weight is 446 g/mol. The number of benzene rings is 3.